The summed E-state index contributed by atoms with van der Waals surface area (Å²) >= 11 is 7.14. The third kappa shape index (κ3) is 6.09. The monoisotopic (exact) mass is 400 g/mol. The third-order valence-corrected chi connectivity index (χ3v) is 4.57. The Balaban J connectivity index is 1.47. The molecule has 1 aromatic heterocycles. The second-order valence-corrected chi connectivity index (χ2v) is 6.97. The van der Waals surface area contributed by atoms with Gasteiger partial charge in [-0.3, -0.25) is 10.1 Å². The fraction of sp³-hybridized carbons (Fsp3) is 0.105. The third-order valence-electron chi connectivity index (χ3n) is 3.53. The van der Waals surface area contributed by atoms with Crippen molar-refractivity contribution >= 4 is 45.7 Å². The summed E-state index contributed by atoms with van der Waals surface area (Å²) in [4.78, 5) is 28.3. The van der Waals surface area contributed by atoms with Crippen molar-refractivity contribution in [2.24, 2.45) is 0 Å². The van der Waals surface area contributed by atoms with E-state index in [0.29, 0.717) is 28.1 Å². The molecular formula is C19H17ClN4O2S. The molecule has 2 aromatic carbocycles. The molecule has 8 heteroatoms. The molecule has 0 fully saturated rings. The van der Waals surface area contributed by atoms with Crippen molar-refractivity contribution in [1.82, 2.24) is 10.3 Å². The normalized spacial score (nSPS) is 10.3. The van der Waals surface area contributed by atoms with Gasteiger partial charge in [-0.1, -0.05) is 48.0 Å². The summed E-state index contributed by atoms with van der Waals surface area (Å²) in [5.41, 5.74) is 2.21. The fourth-order valence-electron chi connectivity index (χ4n) is 2.29. The summed E-state index contributed by atoms with van der Waals surface area (Å²) in [6, 6.07) is 16.1. The molecular weight excluding hydrogens is 384 g/mol. The number of anilines is 2. The number of nitrogens with zero attached hydrogens (tertiary/aromatic N) is 1. The summed E-state index contributed by atoms with van der Waals surface area (Å²) in [6.45, 7) is 0.469. The maximum Gasteiger partial charge on any atom is 0.325 e. The summed E-state index contributed by atoms with van der Waals surface area (Å²) in [5, 5.41) is 10.9. The summed E-state index contributed by atoms with van der Waals surface area (Å²) in [5.74, 6) is -0.126. The zero-order valence-electron chi connectivity index (χ0n) is 14.2. The quantitative estimate of drug-likeness (QED) is 0.576. The van der Waals surface area contributed by atoms with E-state index >= 15 is 0 Å². The largest absolute Gasteiger partial charge is 0.352 e. The van der Waals surface area contributed by atoms with Gasteiger partial charge in [-0.25, -0.2) is 9.78 Å². The Morgan fingerprint density at radius 2 is 1.85 bits per heavy atom. The van der Waals surface area contributed by atoms with E-state index in [4.69, 9.17) is 11.6 Å². The van der Waals surface area contributed by atoms with E-state index in [1.165, 1.54) is 11.3 Å². The Labute approximate surface area is 165 Å². The van der Waals surface area contributed by atoms with Crippen LogP contribution in [0.4, 0.5) is 15.6 Å². The number of aromatic nitrogens is 1. The Kier molecular flexibility index (Phi) is 6.40. The van der Waals surface area contributed by atoms with Crippen LogP contribution in [0.2, 0.25) is 5.02 Å². The highest BCUT2D eigenvalue weighted by Crippen LogP contribution is 2.18. The molecule has 6 nitrogen and oxygen atoms in total. The first-order chi connectivity index (χ1) is 13.1. The van der Waals surface area contributed by atoms with Gasteiger partial charge in [0.2, 0.25) is 5.91 Å². The molecule has 0 aliphatic carbocycles. The van der Waals surface area contributed by atoms with E-state index in [0.717, 1.165) is 5.56 Å². The molecule has 0 atom stereocenters. The molecule has 3 amide bonds. The van der Waals surface area contributed by atoms with Crippen LogP contribution in [0.15, 0.2) is 60.0 Å². The van der Waals surface area contributed by atoms with Crippen molar-refractivity contribution in [3.05, 3.63) is 76.3 Å². The number of carbonyl (C=O) groups excluding carboxylic acids is 2. The summed E-state index contributed by atoms with van der Waals surface area (Å²) in [7, 11) is 0. The minimum atomic E-state index is -0.424. The first-order valence-electron chi connectivity index (χ1n) is 8.17. The molecule has 0 aliphatic rings. The van der Waals surface area contributed by atoms with Crippen molar-refractivity contribution in [3.8, 4) is 0 Å². The van der Waals surface area contributed by atoms with Gasteiger partial charge in [0.15, 0.2) is 5.13 Å². The first kappa shape index (κ1) is 18.9. The number of hydrogen-bond donors (Lipinski definition) is 3. The molecule has 0 unspecified atom stereocenters. The lowest BCUT2D eigenvalue weighted by atomic mass is 10.2. The zero-order valence-corrected chi connectivity index (χ0v) is 15.8. The van der Waals surface area contributed by atoms with Crippen molar-refractivity contribution in [1.29, 1.82) is 0 Å². The molecule has 0 bridgehead atoms. The number of halogens is 1. The Hall–Kier alpha value is -2.90. The smallest absolute Gasteiger partial charge is 0.325 e. The van der Waals surface area contributed by atoms with Crippen LogP contribution >= 0.6 is 22.9 Å². The predicted molar refractivity (Wildman–Crippen MR) is 108 cm³/mol. The summed E-state index contributed by atoms with van der Waals surface area (Å²) < 4.78 is 0. The van der Waals surface area contributed by atoms with Crippen LogP contribution in [0.5, 0.6) is 0 Å². The van der Waals surface area contributed by atoms with Crippen molar-refractivity contribution in [2.75, 3.05) is 10.6 Å². The van der Waals surface area contributed by atoms with Gasteiger partial charge in [0.25, 0.3) is 0 Å². The number of amides is 3. The van der Waals surface area contributed by atoms with Crippen LogP contribution in [0.25, 0.3) is 0 Å². The molecule has 27 heavy (non-hydrogen) atoms. The number of thiazole rings is 1. The molecule has 1 heterocycles. The van der Waals surface area contributed by atoms with E-state index in [2.05, 4.69) is 20.9 Å². The first-order valence-corrected chi connectivity index (χ1v) is 9.43. The van der Waals surface area contributed by atoms with Crippen LogP contribution in [-0.4, -0.2) is 16.9 Å². The number of benzene rings is 2. The van der Waals surface area contributed by atoms with Gasteiger partial charge >= 0.3 is 6.03 Å². The standard InChI is InChI=1S/C19H17ClN4O2S/c20-14-7-4-8-15(9-14)22-18(26)24-19-23-16(12-27-19)10-17(25)21-11-13-5-2-1-3-6-13/h1-9,12H,10-11H2,(H,21,25)(H2,22,23,24,26). The molecule has 0 saturated carbocycles. The molecule has 3 rings (SSSR count). The molecule has 0 saturated heterocycles. The van der Waals surface area contributed by atoms with Gasteiger partial charge in [-0.2, -0.15) is 0 Å². The van der Waals surface area contributed by atoms with Gasteiger partial charge in [-0.15, -0.1) is 11.3 Å². The number of hydrogen-bond acceptors (Lipinski definition) is 4. The van der Waals surface area contributed by atoms with Crippen molar-refractivity contribution in [3.63, 3.8) is 0 Å². The van der Waals surface area contributed by atoms with Gasteiger partial charge in [0.1, 0.15) is 0 Å². The maximum atomic E-state index is 12.0. The Bertz CT molecular complexity index is 930. The van der Waals surface area contributed by atoms with Crippen LogP contribution in [0.3, 0.4) is 0 Å². The number of carbonyl (C=O) groups is 2. The van der Waals surface area contributed by atoms with Crippen molar-refractivity contribution < 1.29 is 9.59 Å². The van der Waals surface area contributed by atoms with E-state index in [1.54, 1.807) is 29.6 Å². The van der Waals surface area contributed by atoms with Crippen LogP contribution in [0, 0.1) is 0 Å². The van der Waals surface area contributed by atoms with E-state index < -0.39 is 6.03 Å². The molecule has 0 aliphatic heterocycles. The molecule has 3 aromatic rings. The minimum Gasteiger partial charge on any atom is -0.352 e. The second kappa shape index (κ2) is 9.16. The average molecular weight is 401 g/mol. The lowest BCUT2D eigenvalue weighted by Crippen LogP contribution is -2.24. The Morgan fingerprint density at radius 1 is 1.04 bits per heavy atom. The molecule has 0 spiro atoms. The highest BCUT2D eigenvalue weighted by Gasteiger charge is 2.10. The lowest BCUT2D eigenvalue weighted by Gasteiger charge is -2.05. The average Bonchev–Trinajstić information content (AvgIpc) is 3.07. The Morgan fingerprint density at radius 3 is 2.63 bits per heavy atom. The van der Waals surface area contributed by atoms with Crippen LogP contribution < -0.4 is 16.0 Å². The minimum absolute atomic E-state index is 0.126. The number of nitrogens with one attached hydrogen (secondary N) is 3. The molecule has 0 radical (unpaired) electrons. The summed E-state index contributed by atoms with van der Waals surface area (Å²) in [6.07, 6.45) is 0.154. The number of rotatable bonds is 6. The van der Waals surface area contributed by atoms with Gasteiger partial charge < -0.3 is 10.6 Å². The predicted octanol–water partition coefficient (Wildman–Crippen LogP) is 4.30. The highest BCUT2D eigenvalue weighted by atomic mass is 35.5. The van der Waals surface area contributed by atoms with Crippen molar-refractivity contribution in [2.45, 2.75) is 13.0 Å². The topological polar surface area (TPSA) is 83.1 Å². The van der Waals surface area contributed by atoms with Crippen LogP contribution in [0.1, 0.15) is 11.3 Å². The van der Waals surface area contributed by atoms with E-state index in [-0.39, 0.29) is 12.3 Å². The van der Waals surface area contributed by atoms with Gasteiger partial charge in [-0.05, 0) is 23.8 Å². The SMILES string of the molecule is O=C(Cc1csc(NC(=O)Nc2cccc(Cl)c2)n1)NCc1ccccc1. The maximum absolute atomic E-state index is 12.0. The van der Waals surface area contributed by atoms with E-state index in [9.17, 15) is 9.59 Å². The highest BCUT2D eigenvalue weighted by molar-refractivity contribution is 7.14. The van der Waals surface area contributed by atoms with Crippen LogP contribution in [-0.2, 0) is 17.8 Å². The lowest BCUT2D eigenvalue weighted by molar-refractivity contribution is -0.120. The molecule has 138 valence electrons. The number of urea groups is 1. The fourth-order valence-corrected chi connectivity index (χ4v) is 3.19. The van der Waals surface area contributed by atoms with Gasteiger partial charge in [0.05, 0.1) is 12.1 Å². The zero-order chi connectivity index (χ0) is 19.1. The van der Waals surface area contributed by atoms with Gasteiger partial charge in [0, 0.05) is 22.6 Å². The van der Waals surface area contributed by atoms with E-state index in [1.807, 2.05) is 30.3 Å². The second-order valence-electron chi connectivity index (χ2n) is 5.67. The molecule has 3 N–H and O–H groups in total.